The van der Waals surface area contributed by atoms with E-state index in [-0.39, 0.29) is 31.0 Å². The van der Waals surface area contributed by atoms with Crippen molar-refractivity contribution in [1.82, 2.24) is 4.90 Å². The Kier molecular flexibility index (Phi) is 6.69. The molecule has 0 aromatic heterocycles. The number of halogens is 1. The van der Waals surface area contributed by atoms with E-state index in [0.717, 1.165) is 24.5 Å². The normalized spacial score (nSPS) is 12.6. The van der Waals surface area contributed by atoms with Crippen LogP contribution in [0.1, 0.15) is 7.85 Å². The van der Waals surface area contributed by atoms with Crippen molar-refractivity contribution in [2.24, 2.45) is 0 Å². The van der Waals surface area contributed by atoms with Crippen molar-refractivity contribution in [3.05, 3.63) is 47.5 Å². The summed E-state index contributed by atoms with van der Waals surface area (Å²) in [5.41, 5.74) is 2.51. The Bertz CT molecular complexity index is 654. The molecule has 0 N–H and O–H groups in total. The van der Waals surface area contributed by atoms with E-state index >= 15 is 0 Å². The second kappa shape index (κ2) is 8.09. The maximum atomic E-state index is 6.21. The Morgan fingerprint density at radius 3 is 2.59 bits per heavy atom. The van der Waals surface area contributed by atoms with Crippen molar-refractivity contribution in [2.45, 2.75) is 16.2 Å². The van der Waals surface area contributed by atoms with Gasteiger partial charge in [0, 0.05) is 21.4 Å². The van der Waals surface area contributed by atoms with Crippen molar-refractivity contribution in [3.63, 3.8) is 0 Å². The van der Waals surface area contributed by atoms with Gasteiger partial charge in [0.1, 0.15) is 0 Å². The third-order valence-corrected chi connectivity index (χ3v) is 4.94. The summed E-state index contributed by atoms with van der Waals surface area (Å²) < 4.78 is 0. The summed E-state index contributed by atoms with van der Waals surface area (Å²) in [6.45, 7) is 2.09. The minimum atomic E-state index is 0. The SMILES string of the molecule is CN(C)CCCN1c2ccccc2Sc2ccc(Cl)cc21.[H-].[Na+]. The molecule has 22 heavy (non-hydrogen) atoms. The van der Waals surface area contributed by atoms with Crippen LogP contribution in [0.4, 0.5) is 11.4 Å². The van der Waals surface area contributed by atoms with Gasteiger partial charge >= 0.3 is 29.6 Å². The third kappa shape index (κ3) is 4.02. The van der Waals surface area contributed by atoms with Crippen LogP contribution in [0.3, 0.4) is 0 Å². The number of benzene rings is 2. The molecule has 0 aliphatic carbocycles. The van der Waals surface area contributed by atoms with Crippen LogP contribution >= 0.6 is 23.4 Å². The number of hydrogen-bond donors (Lipinski definition) is 0. The molecule has 0 saturated carbocycles. The zero-order chi connectivity index (χ0) is 14.8. The summed E-state index contributed by atoms with van der Waals surface area (Å²) in [7, 11) is 4.23. The molecule has 0 radical (unpaired) electrons. The maximum Gasteiger partial charge on any atom is 1.00 e. The fraction of sp³-hybridized carbons (Fsp3) is 0.294. The topological polar surface area (TPSA) is 6.48 Å². The minimum Gasteiger partial charge on any atom is -1.00 e. The summed E-state index contributed by atoms with van der Waals surface area (Å²) in [4.78, 5) is 7.22. The number of hydrogen-bond acceptors (Lipinski definition) is 3. The summed E-state index contributed by atoms with van der Waals surface area (Å²) in [6.07, 6.45) is 1.12. The van der Waals surface area contributed by atoms with Gasteiger partial charge in [-0.15, -0.1) is 0 Å². The van der Waals surface area contributed by atoms with Crippen LogP contribution in [0.15, 0.2) is 52.3 Å². The van der Waals surface area contributed by atoms with Crippen LogP contribution < -0.4 is 34.5 Å². The van der Waals surface area contributed by atoms with Crippen LogP contribution in [0, 0.1) is 0 Å². The van der Waals surface area contributed by atoms with Crippen LogP contribution in [0.5, 0.6) is 0 Å². The minimum absolute atomic E-state index is 0. The van der Waals surface area contributed by atoms with Gasteiger partial charge in [-0.2, -0.15) is 0 Å². The molecule has 2 aromatic rings. The molecule has 3 rings (SSSR count). The van der Waals surface area contributed by atoms with Crippen LogP contribution in [0.25, 0.3) is 0 Å². The first-order valence-electron chi connectivity index (χ1n) is 7.14. The largest absolute Gasteiger partial charge is 1.00 e. The average molecular weight is 343 g/mol. The number of rotatable bonds is 4. The third-order valence-electron chi connectivity index (χ3n) is 3.57. The van der Waals surface area contributed by atoms with Gasteiger partial charge in [-0.3, -0.25) is 0 Å². The first-order chi connectivity index (χ1) is 10.1. The summed E-state index contributed by atoms with van der Waals surface area (Å²) in [5, 5.41) is 0.798. The molecule has 0 bridgehead atoms. The molecule has 2 aromatic carbocycles. The molecule has 112 valence electrons. The van der Waals surface area contributed by atoms with Crippen molar-refractivity contribution in [1.29, 1.82) is 0 Å². The first kappa shape index (κ1) is 18.2. The zero-order valence-corrected chi connectivity index (χ0v) is 16.9. The molecule has 0 saturated heterocycles. The van der Waals surface area contributed by atoms with Crippen molar-refractivity contribution in [2.75, 3.05) is 32.1 Å². The molecule has 0 amide bonds. The van der Waals surface area contributed by atoms with Gasteiger partial charge in [0.05, 0.1) is 11.4 Å². The van der Waals surface area contributed by atoms with Gasteiger partial charge in [0.15, 0.2) is 0 Å². The van der Waals surface area contributed by atoms with E-state index in [1.165, 1.54) is 21.2 Å². The predicted octanol–water partition coefficient (Wildman–Crippen LogP) is 2.01. The Morgan fingerprint density at radius 2 is 1.82 bits per heavy atom. The van der Waals surface area contributed by atoms with Crippen molar-refractivity contribution < 1.29 is 31.0 Å². The molecule has 0 unspecified atom stereocenters. The molecule has 0 atom stereocenters. The summed E-state index contributed by atoms with van der Waals surface area (Å²) in [5.74, 6) is 0. The molecule has 0 fully saturated rings. The molecule has 1 aliphatic heterocycles. The number of para-hydroxylation sites is 1. The second-order valence-electron chi connectivity index (χ2n) is 5.49. The molecular formula is C17H20ClN2NaS. The fourth-order valence-corrected chi connectivity index (χ4v) is 3.83. The van der Waals surface area contributed by atoms with E-state index in [9.17, 15) is 0 Å². The van der Waals surface area contributed by atoms with Crippen LogP contribution in [-0.4, -0.2) is 32.1 Å². The van der Waals surface area contributed by atoms with E-state index in [1.807, 2.05) is 17.8 Å². The van der Waals surface area contributed by atoms with Crippen molar-refractivity contribution in [3.8, 4) is 0 Å². The quantitative estimate of drug-likeness (QED) is 0.785. The van der Waals surface area contributed by atoms with Crippen LogP contribution in [0.2, 0.25) is 5.02 Å². The fourth-order valence-electron chi connectivity index (χ4n) is 2.59. The number of anilines is 2. The molecule has 1 heterocycles. The van der Waals surface area contributed by atoms with E-state index in [2.05, 4.69) is 60.3 Å². The average Bonchev–Trinajstić information content (AvgIpc) is 2.46. The Morgan fingerprint density at radius 1 is 1.09 bits per heavy atom. The van der Waals surface area contributed by atoms with Crippen LogP contribution in [-0.2, 0) is 0 Å². The molecule has 5 heteroatoms. The predicted molar refractivity (Wildman–Crippen MR) is 93.3 cm³/mol. The van der Waals surface area contributed by atoms with E-state index in [0.29, 0.717) is 0 Å². The molecule has 1 aliphatic rings. The van der Waals surface area contributed by atoms with Gasteiger partial charge in [-0.05, 0) is 57.4 Å². The summed E-state index contributed by atoms with van der Waals surface area (Å²) in [6, 6.07) is 14.8. The first-order valence-corrected chi connectivity index (χ1v) is 8.33. The van der Waals surface area contributed by atoms with E-state index in [4.69, 9.17) is 11.6 Å². The Hall–Kier alpha value is -0.160. The number of fused-ring (bicyclic) bond motifs is 2. The standard InChI is InChI=1S/C17H19ClN2S.Na.H/c1-19(2)10-5-11-20-14-6-3-4-7-16(14)21-17-9-8-13(18)12-15(17)20;;/h3-4,6-9,12H,5,10-11H2,1-2H3;;/q;+1;-1. The zero-order valence-electron chi connectivity index (χ0n) is 14.3. The smallest absolute Gasteiger partial charge is 1.00 e. The Balaban J connectivity index is 0.00000132. The van der Waals surface area contributed by atoms with Gasteiger partial charge in [0.2, 0.25) is 0 Å². The monoisotopic (exact) mass is 342 g/mol. The maximum absolute atomic E-state index is 6.21. The number of nitrogens with zero attached hydrogens (tertiary/aromatic N) is 2. The second-order valence-corrected chi connectivity index (χ2v) is 7.01. The van der Waals surface area contributed by atoms with E-state index in [1.54, 1.807) is 0 Å². The molecule has 0 spiro atoms. The van der Waals surface area contributed by atoms with Gasteiger partial charge in [-0.1, -0.05) is 35.5 Å². The van der Waals surface area contributed by atoms with Gasteiger partial charge in [0.25, 0.3) is 0 Å². The van der Waals surface area contributed by atoms with Gasteiger partial charge < -0.3 is 11.2 Å². The van der Waals surface area contributed by atoms with E-state index < -0.39 is 0 Å². The molecular weight excluding hydrogens is 323 g/mol. The Labute approximate surface area is 165 Å². The molecule has 2 nitrogen and oxygen atoms in total. The van der Waals surface area contributed by atoms with Crippen molar-refractivity contribution >= 4 is 34.7 Å². The van der Waals surface area contributed by atoms with Gasteiger partial charge in [-0.25, -0.2) is 0 Å². The summed E-state index contributed by atoms with van der Waals surface area (Å²) >= 11 is 8.03.